The van der Waals surface area contributed by atoms with Crippen LogP contribution in [-0.4, -0.2) is 21.1 Å². The van der Waals surface area contributed by atoms with E-state index in [4.69, 9.17) is 0 Å². The zero-order valence-electron chi connectivity index (χ0n) is 9.80. The molecule has 2 aromatic rings. The second kappa shape index (κ2) is 5.22. The van der Waals surface area contributed by atoms with Crippen LogP contribution in [0.4, 0.5) is 0 Å². The van der Waals surface area contributed by atoms with Gasteiger partial charge < -0.3 is 5.32 Å². The molecule has 0 radical (unpaired) electrons. The number of nitrogens with zero attached hydrogens (tertiary/aromatic N) is 2. The molecule has 6 nitrogen and oxygen atoms in total. The van der Waals surface area contributed by atoms with E-state index in [1.807, 2.05) is 13.0 Å². The molecule has 92 valence electrons. The van der Waals surface area contributed by atoms with E-state index < -0.39 is 0 Å². The molecule has 2 N–H and O–H groups in total. The van der Waals surface area contributed by atoms with Crippen LogP contribution in [-0.2, 0) is 6.54 Å². The van der Waals surface area contributed by atoms with Gasteiger partial charge in [-0.15, -0.1) is 0 Å². The topological polar surface area (TPSA) is 87.7 Å². The van der Waals surface area contributed by atoms with Crippen LogP contribution >= 0.6 is 0 Å². The van der Waals surface area contributed by atoms with Crippen molar-refractivity contribution >= 4 is 5.91 Å². The van der Waals surface area contributed by atoms with Gasteiger partial charge in [-0.3, -0.25) is 14.6 Å². The molecule has 2 heterocycles. The van der Waals surface area contributed by atoms with Crippen LogP contribution in [0.5, 0.6) is 0 Å². The summed E-state index contributed by atoms with van der Waals surface area (Å²) in [4.78, 5) is 26.5. The SMILES string of the molecule is Cc1cnccc1CNC(=O)c1ccc(=O)[nH]n1. The second-order valence-electron chi connectivity index (χ2n) is 3.79. The Balaban J connectivity index is 2.03. The standard InChI is InChI=1S/C12H12N4O2/c1-8-6-13-5-4-9(8)7-14-12(18)10-2-3-11(17)16-15-10/h2-6H,7H2,1H3,(H,14,18)(H,16,17). The number of carbonyl (C=O) groups excluding carboxylic acids is 1. The molecule has 0 saturated heterocycles. The van der Waals surface area contributed by atoms with Gasteiger partial charge >= 0.3 is 0 Å². The summed E-state index contributed by atoms with van der Waals surface area (Å²) < 4.78 is 0. The first-order valence-corrected chi connectivity index (χ1v) is 5.40. The number of hydrogen-bond donors (Lipinski definition) is 2. The lowest BCUT2D eigenvalue weighted by atomic mass is 10.1. The number of hydrogen-bond acceptors (Lipinski definition) is 4. The van der Waals surface area contributed by atoms with Gasteiger partial charge in [-0.05, 0) is 30.2 Å². The molecule has 2 aromatic heterocycles. The third kappa shape index (κ3) is 2.79. The molecule has 6 heteroatoms. The summed E-state index contributed by atoms with van der Waals surface area (Å²) in [6.45, 7) is 2.32. The molecule has 0 aliphatic rings. The van der Waals surface area contributed by atoms with E-state index >= 15 is 0 Å². The van der Waals surface area contributed by atoms with Crippen LogP contribution in [0.2, 0.25) is 0 Å². The maximum Gasteiger partial charge on any atom is 0.271 e. The fourth-order valence-electron chi connectivity index (χ4n) is 1.44. The highest BCUT2D eigenvalue weighted by Gasteiger charge is 2.07. The number of H-pyrrole nitrogens is 1. The highest BCUT2D eigenvalue weighted by Crippen LogP contribution is 2.04. The maximum atomic E-state index is 11.7. The summed E-state index contributed by atoms with van der Waals surface area (Å²) in [5.41, 5.74) is 1.84. The fourth-order valence-corrected chi connectivity index (χ4v) is 1.44. The molecule has 0 aromatic carbocycles. The largest absolute Gasteiger partial charge is 0.347 e. The van der Waals surface area contributed by atoms with Crippen molar-refractivity contribution in [2.75, 3.05) is 0 Å². The van der Waals surface area contributed by atoms with Crippen LogP contribution in [0.1, 0.15) is 21.6 Å². The van der Waals surface area contributed by atoms with E-state index in [1.54, 1.807) is 12.4 Å². The van der Waals surface area contributed by atoms with Gasteiger partial charge in [-0.2, -0.15) is 5.10 Å². The molecule has 0 unspecified atom stereocenters. The van der Waals surface area contributed by atoms with Gasteiger partial charge in [0.05, 0.1) is 0 Å². The quantitative estimate of drug-likeness (QED) is 0.818. The average molecular weight is 244 g/mol. The molecule has 1 amide bonds. The van der Waals surface area contributed by atoms with Crippen molar-refractivity contribution in [3.63, 3.8) is 0 Å². The number of amides is 1. The van der Waals surface area contributed by atoms with Gasteiger partial charge in [0.25, 0.3) is 11.5 Å². The van der Waals surface area contributed by atoms with Crippen molar-refractivity contribution in [2.45, 2.75) is 13.5 Å². The number of aryl methyl sites for hydroxylation is 1. The summed E-state index contributed by atoms with van der Waals surface area (Å²) in [5.74, 6) is -0.331. The molecule has 0 spiro atoms. The van der Waals surface area contributed by atoms with Gasteiger partial charge in [0.15, 0.2) is 0 Å². The van der Waals surface area contributed by atoms with Crippen molar-refractivity contribution in [2.24, 2.45) is 0 Å². The molecule has 0 fully saturated rings. The van der Waals surface area contributed by atoms with Gasteiger partial charge in [0.1, 0.15) is 5.69 Å². The molecular weight excluding hydrogens is 232 g/mol. The van der Waals surface area contributed by atoms with Crippen molar-refractivity contribution in [1.29, 1.82) is 0 Å². The molecule has 0 aliphatic carbocycles. The van der Waals surface area contributed by atoms with Crippen LogP contribution < -0.4 is 10.9 Å². The second-order valence-corrected chi connectivity index (χ2v) is 3.79. The minimum absolute atomic E-state index is 0.182. The van der Waals surface area contributed by atoms with Gasteiger partial charge in [0.2, 0.25) is 0 Å². The van der Waals surface area contributed by atoms with E-state index in [1.165, 1.54) is 12.1 Å². The Labute approximate surface area is 103 Å². The predicted octanol–water partition coefficient (Wildman–Crippen LogP) is 0.403. The number of carbonyl (C=O) groups is 1. The highest BCUT2D eigenvalue weighted by atomic mass is 16.2. The van der Waals surface area contributed by atoms with Crippen LogP contribution in [0.15, 0.2) is 35.4 Å². The van der Waals surface area contributed by atoms with E-state index in [-0.39, 0.29) is 17.2 Å². The number of aromatic nitrogens is 3. The Bertz CT molecular complexity index is 601. The minimum atomic E-state index is -0.337. The van der Waals surface area contributed by atoms with Crippen LogP contribution in [0.25, 0.3) is 0 Å². The first-order chi connectivity index (χ1) is 8.66. The Hall–Kier alpha value is -2.50. The van der Waals surface area contributed by atoms with Crippen molar-refractivity contribution in [3.8, 4) is 0 Å². The van der Waals surface area contributed by atoms with Crippen LogP contribution in [0, 0.1) is 6.92 Å². The minimum Gasteiger partial charge on any atom is -0.347 e. The first kappa shape index (κ1) is 12.0. The predicted molar refractivity (Wildman–Crippen MR) is 65.0 cm³/mol. The molecule has 0 atom stereocenters. The third-order valence-electron chi connectivity index (χ3n) is 2.49. The lowest BCUT2D eigenvalue weighted by Crippen LogP contribution is -2.25. The lowest BCUT2D eigenvalue weighted by molar-refractivity contribution is 0.0944. The third-order valence-corrected chi connectivity index (χ3v) is 2.49. The first-order valence-electron chi connectivity index (χ1n) is 5.40. The summed E-state index contributed by atoms with van der Waals surface area (Å²) in [6.07, 6.45) is 3.41. The van der Waals surface area contributed by atoms with E-state index in [9.17, 15) is 9.59 Å². The van der Waals surface area contributed by atoms with Gasteiger partial charge in [-0.1, -0.05) is 0 Å². The Kier molecular flexibility index (Phi) is 3.47. The zero-order valence-corrected chi connectivity index (χ0v) is 9.80. The molecular formula is C12H12N4O2. The monoisotopic (exact) mass is 244 g/mol. The molecule has 18 heavy (non-hydrogen) atoms. The van der Waals surface area contributed by atoms with Crippen molar-refractivity contribution in [1.82, 2.24) is 20.5 Å². The normalized spacial score (nSPS) is 10.1. The molecule has 0 aliphatic heterocycles. The van der Waals surface area contributed by atoms with E-state index in [0.29, 0.717) is 6.54 Å². The Morgan fingerprint density at radius 3 is 2.89 bits per heavy atom. The zero-order chi connectivity index (χ0) is 13.0. The molecule has 0 saturated carbocycles. The lowest BCUT2D eigenvalue weighted by Gasteiger charge is -2.06. The maximum absolute atomic E-state index is 11.7. The van der Waals surface area contributed by atoms with Crippen molar-refractivity contribution in [3.05, 3.63) is 57.8 Å². The van der Waals surface area contributed by atoms with Gasteiger partial charge in [0, 0.05) is 25.0 Å². The summed E-state index contributed by atoms with van der Waals surface area (Å²) in [6, 6.07) is 4.49. The van der Waals surface area contributed by atoms with Gasteiger partial charge in [-0.25, -0.2) is 5.10 Å². The smallest absolute Gasteiger partial charge is 0.271 e. The average Bonchev–Trinajstić information content (AvgIpc) is 2.38. The number of nitrogens with one attached hydrogen (secondary N) is 2. The summed E-state index contributed by atoms with van der Waals surface area (Å²) in [7, 11) is 0. The van der Waals surface area contributed by atoms with Crippen LogP contribution in [0.3, 0.4) is 0 Å². The Morgan fingerprint density at radius 2 is 2.22 bits per heavy atom. The Morgan fingerprint density at radius 1 is 1.39 bits per heavy atom. The number of rotatable bonds is 3. The van der Waals surface area contributed by atoms with E-state index in [2.05, 4.69) is 20.5 Å². The summed E-state index contributed by atoms with van der Waals surface area (Å²) >= 11 is 0. The molecule has 0 bridgehead atoms. The molecule has 2 rings (SSSR count). The highest BCUT2D eigenvalue weighted by molar-refractivity contribution is 5.91. The summed E-state index contributed by atoms with van der Waals surface area (Å²) in [5, 5.41) is 8.59. The fraction of sp³-hybridized carbons (Fsp3) is 0.167. The number of aromatic amines is 1. The number of pyridine rings is 1. The van der Waals surface area contributed by atoms with Crippen molar-refractivity contribution < 1.29 is 4.79 Å². The van der Waals surface area contributed by atoms with E-state index in [0.717, 1.165) is 11.1 Å².